The fourth-order valence-corrected chi connectivity index (χ4v) is 3.01. The topological polar surface area (TPSA) is 72.2 Å². The SMILES string of the molecule is Cc1cc(N)cc(S(=O)(=O)Nc2ccc(Cl)c(F)c2)c1. The Labute approximate surface area is 121 Å². The van der Waals surface area contributed by atoms with Gasteiger partial charge < -0.3 is 5.73 Å². The van der Waals surface area contributed by atoms with E-state index in [1.165, 1.54) is 24.3 Å². The number of hydrogen-bond donors (Lipinski definition) is 2. The molecule has 2 rings (SSSR count). The van der Waals surface area contributed by atoms with Gasteiger partial charge in [0.05, 0.1) is 15.6 Å². The molecule has 0 radical (unpaired) electrons. The van der Waals surface area contributed by atoms with Crippen molar-refractivity contribution in [3.8, 4) is 0 Å². The predicted molar refractivity (Wildman–Crippen MR) is 77.8 cm³/mol. The average Bonchev–Trinajstić information content (AvgIpc) is 2.32. The van der Waals surface area contributed by atoms with Gasteiger partial charge in [0.1, 0.15) is 5.82 Å². The van der Waals surface area contributed by atoms with Crippen molar-refractivity contribution in [3.05, 3.63) is 52.8 Å². The number of rotatable bonds is 3. The van der Waals surface area contributed by atoms with Crippen molar-refractivity contribution < 1.29 is 12.8 Å². The molecule has 4 nitrogen and oxygen atoms in total. The van der Waals surface area contributed by atoms with Crippen LogP contribution < -0.4 is 10.5 Å². The van der Waals surface area contributed by atoms with E-state index in [0.717, 1.165) is 6.07 Å². The number of benzene rings is 2. The van der Waals surface area contributed by atoms with Gasteiger partial charge in [-0.25, -0.2) is 12.8 Å². The third kappa shape index (κ3) is 3.20. The summed E-state index contributed by atoms with van der Waals surface area (Å²) in [7, 11) is -3.83. The summed E-state index contributed by atoms with van der Waals surface area (Å²) < 4.78 is 39.9. The molecule has 0 atom stereocenters. The monoisotopic (exact) mass is 314 g/mol. The Morgan fingerprint density at radius 2 is 1.90 bits per heavy atom. The maximum absolute atomic E-state index is 13.3. The highest BCUT2D eigenvalue weighted by atomic mass is 35.5. The predicted octanol–water partition coefficient (Wildman–Crippen LogP) is 3.17. The molecule has 3 N–H and O–H groups in total. The first kappa shape index (κ1) is 14.6. The molecule has 0 heterocycles. The third-order valence-electron chi connectivity index (χ3n) is 2.56. The van der Waals surface area contributed by atoms with Crippen molar-refractivity contribution in [2.24, 2.45) is 0 Å². The molecule has 0 unspecified atom stereocenters. The Hall–Kier alpha value is -1.79. The number of sulfonamides is 1. The Morgan fingerprint density at radius 1 is 1.20 bits per heavy atom. The van der Waals surface area contributed by atoms with Crippen LogP contribution in [0.15, 0.2) is 41.3 Å². The lowest BCUT2D eigenvalue weighted by molar-refractivity contribution is 0.601. The average molecular weight is 315 g/mol. The molecular formula is C13H12ClFN2O2S. The van der Waals surface area contributed by atoms with Gasteiger partial charge in [0, 0.05) is 5.69 Å². The molecule has 0 amide bonds. The van der Waals surface area contributed by atoms with Crippen molar-refractivity contribution in [2.75, 3.05) is 10.5 Å². The zero-order valence-corrected chi connectivity index (χ0v) is 12.1. The molecule has 0 saturated heterocycles. The van der Waals surface area contributed by atoms with Crippen molar-refractivity contribution in [1.82, 2.24) is 0 Å². The fourth-order valence-electron chi connectivity index (χ4n) is 1.71. The molecule has 0 aliphatic carbocycles. The van der Waals surface area contributed by atoms with Crippen LogP contribution in [0.5, 0.6) is 0 Å². The molecule has 0 saturated carbocycles. The van der Waals surface area contributed by atoms with Gasteiger partial charge in [-0.3, -0.25) is 4.72 Å². The lowest BCUT2D eigenvalue weighted by Gasteiger charge is -2.10. The Kier molecular flexibility index (Phi) is 3.87. The number of hydrogen-bond acceptors (Lipinski definition) is 3. The van der Waals surface area contributed by atoms with Crippen LogP contribution in [0.3, 0.4) is 0 Å². The first-order chi connectivity index (χ1) is 9.28. The molecule has 0 spiro atoms. The van der Waals surface area contributed by atoms with Gasteiger partial charge in [-0.2, -0.15) is 0 Å². The van der Waals surface area contributed by atoms with Crippen LogP contribution in [0.1, 0.15) is 5.56 Å². The first-order valence-corrected chi connectivity index (χ1v) is 7.49. The summed E-state index contributed by atoms with van der Waals surface area (Å²) in [4.78, 5) is 0.0189. The minimum atomic E-state index is -3.83. The van der Waals surface area contributed by atoms with Crippen molar-refractivity contribution >= 4 is 33.0 Å². The summed E-state index contributed by atoms with van der Waals surface area (Å²) in [5.41, 5.74) is 6.77. The number of halogens is 2. The van der Waals surface area contributed by atoms with Crippen molar-refractivity contribution in [2.45, 2.75) is 11.8 Å². The van der Waals surface area contributed by atoms with E-state index in [9.17, 15) is 12.8 Å². The van der Waals surface area contributed by atoms with Crippen LogP contribution in [-0.4, -0.2) is 8.42 Å². The molecule has 7 heteroatoms. The van der Waals surface area contributed by atoms with E-state index in [-0.39, 0.29) is 15.6 Å². The smallest absolute Gasteiger partial charge is 0.261 e. The molecule has 0 aliphatic heterocycles. The van der Waals surface area contributed by atoms with Gasteiger partial charge in [-0.05, 0) is 48.9 Å². The lowest BCUT2D eigenvalue weighted by atomic mass is 10.2. The van der Waals surface area contributed by atoms with Gasteiger partial charge in [0.25, 0.3) is 10.0 Å². The van der Waals surface area contributed by atoms with E-state index in [0.29, 0.717) is 11.3 Å². The molecule has 0 aromatic heterocycles. The van der Waals surface area contributed by atoms with E-state index in [1.54, 1.807) is 13.0 Å². The molecule has 2 aromatic rings. The maximum Gasteiger partial charge on any atom is 0.261 e. The second-order valence-electron chi connectivity index (χ2n) is 4.31. The van der Waals surface area contributed by atoms with Gasteiger partial charge in [-0.1, -0.05) is 11.6 Å². The standard InChI is InChI=1S/C13H12ClFN2O2S/c1-8-4-9(16)6-11(5-8)20(18,19)17-10-2-3-12(14)13(15)7-10/h2-7,17H,16H2,1H3. The molecule has 0 bridgehead atoms. The van der Waals surface area contributed by atoms with Crippen molar-refractivity contribution in [3.63, 3.8) is 0 Å². The normalized spacial score (nSPS) is 11.3. The number of nitrogens with one attached hydrogen (secondary N) is 1. The second kappa shape index (κ2) is 5.30. The number of anilines is 2. The highest BCUT2D eigenvalue weighted by Crippen LogP contribution is 2.23. The number of aryl methyl sites for hydroxylation is 1. The number of nitrogen functional groups attached to an aromatic ring is 1. The maximum atomic E-state index is 13.3. The van der Waals surface area contributed by atoms with E-state index in [1.807, 2.05) is 0 Å². The van der Waals surface area contributed by atoms with Crippen LogP contribution in [0.4, 0.5) is 15.8 Å². The van der Waals surface area contributed by atoms with E-state index in [4.69, 9.17) is 17.3 Å². The summed E-state index contributed by atoms with van der Waals surface area (Å²) in [6.07, 6.45) is 0. The minimum absolute atomic E-state index is 0.0189. The highest BCUT2D eigenvalue weighted by molar-refractivity contribution is 7.92. The first-order valence-electron chi connectivity index (χ1n) is 5.63. The van der Waals surface area contributed by atoms with E-state index in [2.05, 4.69) is 4.72 Å². The summed E-state index contributed by atoms with van der Waals surface area (Å²) >= 11 is 5.54. The third-order valence-corrected chi connectivity index (χ3v) is 4.22. The van der Waals surface area contributed by atoms with Gasteiger partial charge >= 0.3 is 0 Å². The molecule has 20 heavy (non-hydrogen) atoms. The van der Waals surface area contributed by atoms with Crippen LogP contribution in [0.2, 0.25) is 5.02 Å². The zero-order valence-electron chi connectivity index (χ0n) is 10.5. The van der Waals surface area contributed by atoms with Gasteiger partial charge in [0.2, 0.25) is 0 Å². The molecule has 2 aromatic carbocycles. The van der Waals surface area contributed by atoms with Crippen LogP contribution in [0, 0.1) is 12.7 Å². The Morgan fingerprint density at radius 3 is 2.50 bits per heavy atom. The summed E-state index contributed by atoms with van der Waals surface area (Å²) in [5, 5.41) is -0.0762. The van der Waals surface area contributed by atoms with Gasteiger partial charge in [-0.15, -0.1) is 0 Å². The molecule has 106 valence electrons. The zero-order chi connectivity index (χ0) is 14.9. The quantitative estimate of drug-likeness (QED) is 0.855. The Bertz CT molecular complexity index is 743. The van der Waals surface area contributed by atoms with E-state index < -0.39 is 15.8 Å². The summed E-state index contributed by atoms with van der Waals surface area (Å²) in [5.74, 6) is -0.698. The van der Waals surface area contributed by atoms with Crippen LogP contribution >= 0.6 is 11.6 Å². The van der Waals surface area contributed by atoms with E-state index >= 15 is 0 Å². The highest BCUT2D eigenvalue weighted by Gasteiger charge is 2.16. The fraction of sp³-hybridized carbons (Fsp3) is 0.0769. The lowest BCUT2D eigenvalue weighted by Crippen LogP contribution is -2.13. The Balaban J connectivity index is 2.37. The minimum Gasteiger partial charge on any atom is -0.399 e. The molecular weight excluding hydrogens is 303 g/mol. The summed E-state index contributed by atoms with van der Waals surface area (Å²) in [6, 6.07) is 8.13. The molecule has 0 aliphatic rings. The molecule has 0 fully saturated rings. The largest absolute Gasteiger partial charge is 0.399 e. The van der Waals surface area contributed by atoms with Crippen molar-refractivity contribution in [1.29, 1.82) is 0 Å². The number of nitrogens with two attached hydrogens (primary N) is 1. The van der Waals surface area contributed by atoms with Crippen LogP contribution in [-0.2, 0) is 10.0 Å². The second-order valence-corrected chi connectivity index (χ2v) is 6.40. The van der Waals surface area contributed by atoms with Crippen LogP contribution in [0.25, 0.3) is 0 Å². The summed E-state index contributed by atoms with van der Waals surface area (Å²) in [6.45, 7) is 1.73. The van der Waals surface area contributed by atoms with Gasteiger partial charge in [0.15, 0.2) is 0 Å².